The first-order valence-corrected chi connectivity index (χ1v) is 19.0. The largest absolute Gasteiger partial charge is 0.796 e. The Balaban J connectivity index is 1.19. The van der Waals surface area contributed by atoms with Gasteiger partial charge in [-0.1, -0.05) is 36.4 Å². The van der Waals surface area contributed by atoms with E-state index in [4.69, 9.17) is 9.47 Å². The van der Waals surface area contributed by atoms with Gasteiger partial charge in [-0.2, -0.15) is 26.3 Å². The highest BCUT2D eigenvalue weighted by molar-refractivity contribution is 6.35. The van der Waals surface area contributed by atoms with Gasteiger partial charge in [-0.25, -0.2) is 27.0 Å². The lowest BCUT2D eigenvalue weighted by Gasteiger charge is -2.14. The smallest absolute Gasteiger partial charge is 0.505 e. The molecule has 0 fully saturated rings. The summed E-state index contributed by atoms with van der Waals surface area (Å²) in [5.74, 6) is -6.18. The Morgan fingerprint density at radius 3 is 1.41 bits per heavy atom. The highest BCUT2D eigenvalue weighted by Gasteiger charge is 2.31. The number of carbonyl (C=O) groups is 3. The molecule has 0 aliphatic rings. The molecule has 0 heterocycles. The first-order valence-electron chi connectivity index (χ1n) is 19.0. The van der Waals surface area contributed by atoms with Crippen molar-refractivity contribution in [1.29, 1.82) is 0 Å². The number of hydrogen-bond donors (Lipinski definition) is 2. The lowest BCUT2D eigenvalue weighted by Crippen LogP contribution is -2.12. The standard InChI is InChI=1S/C47H29BF10N2O6/c49-32-17-21-42(64-44(62)38-11-1-3-13-40(38)59-34-9-5-7-30(25-34)46(51,52)53)28(23-32)15-19-36(61)27-37(66-48(57)58)20-16-29-24-33(50)18-22-43(29)65-45(63)39-12-2-4-14-41(39)60-35-10-6-8-31(26-35)47(54,55)56/h1-27,59-60H/b19-15+,20-16+,37-27-. The van der Waals surface area contributed by atoms with Crippen LogP contribution < -0.4 is 20.1 Å². The molecule has 6 rings (SSSR count). The molecule has 0 saturated heterocycles. The molecule has 0 aromatic heterocycles. The highest BCUT2D eigenvalue weighted by Crippen LogP contribution is 2.34. The maximum atomic E-state index is 14.4. The number of nitrogens with one attached hydrogen (secondary N) is 2. The minimum Gasteiger partial charge on any atom is -0.505 e. The number of allylic oxidation sites excluding steroid dienone is 3. The van der Waals surface area contributed by atoms with Crippen molar-refractivity contribution in [2.24, 2.45) is 0 Å². The van der Waals surface area contributed by atoms with Gasteiger partial charge in [0.1, 0.15) is 28.9 Å². The SMILES string of the molecule is O=C(/C=C(/C=C/c1cc(F)ccc1OC(=O)c1ccccc1Nc1cccc(C(F)(F)F)c1)OB(F)F)/C=C/c1cc(F)ccc1OC(=O)c1ccccc1Nc1cccc(C(F)(F)F)c1. The molecule has 0 aliphatic heterocycles. The number of halogens is 10. The minimum absolute atomic E-state index is 0.000867. The van der Waals surface area contributed by atoms with Crippen molar-refractivity contribution in [3.63, 3.8) is 0 Å². The number of ether oxygens (including phenoxy) is 2. The fourth-order valence-electron chi connectivity index (χ4n) is 5.95. The van der Waals surface area contributed by atoms with Gasteiger partial charge in [-0.15, -0.1) is 0 Å². The molecule has 0 amide bonds. The van der Waals surface area contributed by atoms with Crippen LogP contribution in [0.1, 0.15) is 43.0 Å². The van der Waals surface area contributed by atoms with E-state index in [1.54, 1.807) is 0 Å². The topological polar surface area (TPSA) is 103 Å². The number of benzene rings is 6. The van der Waals surface area contributed by atoms with Gasteiger partial charge in [0.05, 0.1) is 33.6 Å². The summed E-state index contributed by atoms with van der Waals surface area (Å²) >= 11 is 0. The van der Waals surface area contributed by atoms with Gasteiger partial charge in [-0.05, 0) is 121 Å². The van der Waals surface area contributed by atoms with Gasteiger partial charge in [0.15, 0.2) is 5.78 Å². The molecular weight excluding hydrogens is 889 g/mol. The summed E-state index contributed by atoms with van der Waals surface area (Å²) in [6, 6.07) is 25.4. The fourth-order valence-corrected chi connectivity index (χ4v) is 5.95. The van der Waals surface area contributed by atoms with Crippen molar-refractivity contribution in [2.75, 3.05) is 10.6 Å². The van der Waals surface area contributed by atoms with Gasteiger partial charge in [0, 0.05) is 28.6 Å². The van der Waals surface area contributed by atoms with Crippen LogP contribution in [0.2, 0.25) is 0 Å². The second-order valence-corrected chi connectivity index (χ2v) is 13.6. The van der Waals surface area contributed by atoms with Crippen molar-refractivity contribution in [3.05, 3.63) is 202 Å². The highest BCUT2D eigenvalue weighted by atomic mass is 19.4. The summed E-state index contributed by atoms with van der Waals surface area (Å²) in [4.78, 5) is 39.7. The molecule has 336 valence electrons. The summed E-state index contributed by atoms with van der Waals surface area (Å²) in [6.45, 7) is 0. The Morgan fingerprint density at radius 2 is 0.970 bits per heavy atom. The summed E-state index contributed by atoms with van der Waals surface area (Å²) in [7, 11) is -3.48. The second-order valence-electron chi connectivity index (χ2n) is 13.6. The van der Waals surface area contributed by atoms with Crippen LogP contribution in [0.4, 0.5) is 66.5 Å². The van der Waals surface area contributed by atoms with Crippen molar-refractivity contribution in [1.82, 2.24) is 0 Å². The quantitative estimate of drug-likeness (QED) is 0.0200. The third-order valence-electron chi connectivity index (χ3n) is 8.94. The number of hydrogen-bond acceptors (Lipinski definition) is 8. The van der Waals surface area contributed by atoms with Crippen molar-refractivity contribution < 1.29 is 72.3 Å². The van der Waals surface area contributed by atoms with E-state index >= 15 is 0 Å². The van der Waals surface area contributed by atoms with Crippen molar-refractivity contribution in [3.8, 4) is 11.5 Å². The number of anilines is 4. The number of carbonyl (C=O) groups excluding carboxylic acids is 3. The number of alkyl halides is 6. The van der Waals surface area contributed by atoms with Gasteiger partial charge in [-0.3, -0.25) is 4.79 Å². The van der Waals surface area contributed by atoms with E-state index in [2.05, 4.69) is 15.3 Å². The van der Waals surface area contributed by atoms with Crippen LogP contribution in [0.25, 0.3) is 12.2 Å². The molecule has 2 N–H and O–H groups in total. The first-order chi connectivity index (χ1) is 31.3. The van der Waals surface area contributed by atoms with Crippen LogP contribution in [-0.4, -0.2) is 25.2 Å². The second kappa shape index (κ2) is 20.6. The lowest BCUT2D eigenvalue weighted by atomic mass is 10.1. The lowest BCUT2D eigenvalue weighted by molar-refractivity contribution is -0.138. The minimum atomic E-state index is -4.64. The molecule has 0 radical (unpaired) electrons. The molecule has 66 heavy (non-hydrogen) atoms. The zero-order chi connectivity index (χ0) is 47.6. The third-order valence-corrected chi connectivity index (χ3v) is 8.94. The van der Waals surface area contributed by atoms with Gasteiger partial charge in [0.25, 0.3) is 0 Å². The Labute approximate surface area is 368 Å². The molecule has 6 aromatic rings. The molecular formula is C47H29BF10N2O6. The zero-order valence-electron chi connectivity index (χ0n) is 33.4. The molecule has 0 atom stereocenters. The van der Waals surface area contributed by atoms with Crippen LogP contribution in [0.5, 0.6) is 11.5 Å². The summed E-state index contributed by atoms with van der Waals surface area (Å²) in [5, 5.41) is 5.47. The predicted octanol–water partition coefficient (Wildman–Crippen LogP) is 13.0. The molecule has 19 heteroatoms. The van der Waals surface area contributed by atoms with E-state index in [0.717, 1.165) is 91.0 Å². The third kappa shape index (κ3) is 13.0. The van der Waals surface area contributed by atoms with Crippen LogP contribution in [0.3, 0.4) is 0 Å². The number of rotatable bonds is 15. The van der Waals surface area contributed by atoms with Gasteiger partial charge in [0.2, 0.25) is 0 Å². The summed E-state index contributed by atoms with van der Waals surface area (Å²) < 4.78 is 151. The average molecular weight is 919 g/mol. The Bertz CT molecular complexity index is 2860. The van der Waals surface area contributed by atoms with E-state index in [1.165, 1.54) is 66.7 Å². The molecule has 0 saturated carbocycles. The van der Waals surface area contributed by atoms with Crippen molar-refractivity contribution >= 4 is 60.1 Å². The zero-order valence-corrected chi connectivity index (χ0v) is 33.4. The van der Waals surface area contributed by atoms with E-state index in [1.807, 2.05) is 0 Å². The summed E-state index contributed by atoms with van der Waals surface area (Å²) in [5.41, 5.74) is -2.49. The monoisotopic (exact) mass is 918 g/mol. The molecule has 6 aromatic carbocycles. The number of para-hydroxylation sites is 2. The average Bonchev–Trinajstić information content (AvgIpc) is 3.26. The normalized spacial score (nSPS) is 11.9. The van der Waals surface area contributed by atoms with E-state index < -0.39 is 66.1 Å². The van der Waals surface area contributed by atoms with Gasteiger partial charge < -0.3 is 24.8 Å². The fraction of sp³-hybridized carbons (Fsp3) is 0.0426. The Hall–Kier alpha value is -8.09. The number of esters is 2. The van der Waals surface area contributed by atoms with Crippen LogP contribution >= 0.6 is 0 Å². The number of ketones is 1. The van der Waals surface area contributed by atoms with E-state index in [0.29, 0.717) is 6.08 Å². The van der Waals surface area contributed by atoms with Gasteiger partial charge >= 0.3 is 31.8 Å². The molecule has 0 bridgehead atoms. The molecule has 0 unspecified atom stereocenters. The molecule has 8 nitrogen and oxygen atoms in total. The van der Waals surface area contributed by atoms with Crippen LogP contribution in [-0.2, 0) is 21.8 Å². The van der Waals surface area contributed by atoms with Crippen molar-refractivity contribution in [2.45, 2.75) is 12.4 Å². The van der Waals surface area contributed by atoms with E-state index in [9.17, 15) is 58.1 Å². The maximum absolute atomic E-state index is 14.4. The van der Waals surface area contributed by atoms with E-state index in [-0.39, 0.29) is 56.5 Å². The summed E-state index contributed by atoms with van der Waals surface area (Å²) in [6.07, 6.45) is -5.11. The predicted molar refractivity (Wildman–Crippen MR) is 225 cm³/mol. The molecule has 0 spiro atoms. The molecule has 0 aliphatic carbocycles. The Morgan fingerprint density at radius 1 is 0.530 bits per heavy atom. The first kappa shape index (κ1) is 47.4. The maximum Gasteiger partial charge on any atom is 0.796 e. The van der Waals surface area contributed by atoms with Crippen LogP contribution in [0.15, 0.2) is 157 Å². The van der Waals surface area contributed by atoms with Crippen LogP contribution in [0, 0.1) is 11.6 Å². The Kier molecular flexibility index (Phi) is 14.8.